The second kappa shape index (κ2) is 4.79. The number of aliphatic carboxylic acids is 1. The standard InChI is InChI=1S/C14H16N2O2/c15-8-10-2-4-11(5-3-10)12(9-16)14(13(17)18)6-1-7-14/h2-5,12H,1,6-7,9,16H2,(H,17,18)/t12-/m1/s1. The minimum atomic E-state index is -0.756. The number of hydrogen-bond acceptors (Lipinski definition) is 3. The molecular formula is C14H16N2O2. The summed E-state index contributed by atoms with van der Waals surface area (Å²) in [5, 5.41) is 18.2. The lowest BCUT2D eigenvalue weighted by atomic mass is 9.59. The highest BCUT2D eigenvalue weighted by Gasteiger charge is 2.50. The van der Waals surface area contributed by atoms with Gasteiger partial charge < -0.3 is 10.8 Å². The molecule has 1 atom stereocenters. The first-order valence-corrected chi connectivity index (χ1v) is 6.07. The number of nitrogens with zero attached hydrogens (tertiary/aromatic N) is 1. The maximum atomic E-state index is 11.5. The molecule has 0 aromatic heterocycles. The summed E-state index contributed by atoms with van der Waals surface area (Å²) in [4.78, 5) is 11.5. The zero-order chi connectivity index (χ0) is 13.2. The molecule has 0 unspecified atom stereocenters. The third-order valence-electron chi connectivity index (χ3n) is 4.02. The minimum Gasteiger partial charge on any atom is -0.481 e. The lowest BCUT2D eigenvalue weighted by molar-refractivity contribution is -0.156. The fourth-order valence-corrected chi connectivity index (χ4v) is 2.74. The van der Waals surface area contributed by atoms with Crippen LogP contribution < -0.4 is 5.73 Å². The zero-order valence-electron chi connectivity index (χ0n) is 10.1. The number of nitrogens with two attached hydrogens (primary N) is 1. The molecule has 1 saturated carbocycles. The second-order valence-corrected chi connectivity index (χ2v) is 4.84. The number of carboxylic acids is 1. The van der Waals surface area contributed by atoms with Gasteiger partial charge in [0.25, 0.3) is 0 Å². The summed E-state index contributed by atoms with van der Waals surface area (Å²) < 4.78 is 0. The molecule has 1 aromatic carbocycles. The molecule has 18 heavy (non-hydrogen) atoms. The fourth-order valence-electron chi connectivity index (χ4n) is 2.74. The molecule has 0 radical (unpaired) electrons. The highest BCUT2D eigenvalue weighted by molar-refractivity contribution is 5.77. The first kappa shape index (κ1) is 12.6. The van der Waals surface area contributed by atoms with Crippen molar-refractivity contribution < 1.29 is 9.90 Å². The Morgan fingerprint density at radius 2 is 2.06 bits per heavy atom. The molecule has 94 valence electrons. The van der Waals surface area contributed by atoms with Crippen LogP contribution in [0.5, 0.6) is 0 Å². The highest BCUT2D eigenvalue weighted by Crippen LogP contribution is 2.51. The van der Waals surface area contributed by atoms with Crippen molar-refractivity contribution in [2.45, 2.75) is 25.2 Å². The van der Waals surface area contributed by atoms with E-state index in [1.165, 1.54) is 0 Å². The number of benzene rings is 1. The molecule has 1 aliphatic rings. The Balaban J connectivity index is 2.33. The predicted octanol–water partition coefficient (Wildman–Crippen LogP) is 1.86. The van der Waals surface area contributed by atoms with Gasteiger partial charge in [-0.15, -0.1) is 0 Å². The summed E-state index contributed by atoms with van der Waals surface area (Å²) in [5.74, 6) is -0.926. The molecule has 1 aliphatic carbocycles. The van der Waals surface area contributed by atoms with Gasteiger partial charge in [-0.2, -0.15) is 5.26 Å². The Morgan fingerprint density at radius 3 is 2.39 bits per heavy atom. The number of carbonyl (C=O) groups is 1. The van der Waals surface area contributed by atoms with Crippen LogP contribution >= 0.6 is 0 Å². The van der Waals surface area contributed by atoms with E-state index in [1.54, 1.807) is 12.1 Å². The van der Waals surface area contributed by atoms with E-state index in [1.807, 2.05) is 12.1 Å². The molecule has 1 fully saturated rings. The van der Waals surface area contributed by atoms with E-state index in [-0.39, 0.29) is 5.92 Å². The maximum absolute atomic E-state index is 11.5. The van der Waals surface area contributed by atoms with Crippen molar-refractivity contribution in [2.24, 2.45) is 11.1 Å². The quantitative estimate of drug-likeness (QED) is 0.846. The Kier molecular flexibility index (Phi) is 3.35. The van der Waals surface area contributed by atoms with Gasteiger partial charge in [-0.3, -0.25) is 4.79 Å². The lowest BCUT2D eigenvalue weighted by Crippen LogP contribution is -2.45. The van der Waals surface area contributed by atoms with Crippen molar-refractivity contribution in [3.63, 3.8) is 0 Å². The lowest BCUT2D eigenvalue weighted by Gasteiger charge is -2.44. The third-order valence-corrected chi connectivity index (χ3v) is 4.02. The van der Waals surface area contributed by atoms with Crippen LogP contribution in [-0.2, 0) is 4.79 Å². The van der Waals surface area contributed by atoms with Gasteiger partial charge in [0.15, 0.2) is 0 Å². The molecule has 0 amide bonds. The molecule has 0 bridgehead atoms. The summed E-state index contributed by atoms with van der Waals surface area (Å²) in [7, 11) is 0. The first-order valence-electron chi connectivity index (χ1n) is 6.07. The zero-order valence-corrected chi connectivity index (χ0v) is 10.1. The average Bonchev–Trinajstić information content (AvgIpc) is 2.33. The van der Waals surface area contributed by atoms with Crippen molar-refractivity contribution in [1.29, 1.82) is 5.26 Å². The van der Waals surface area contributed by atoms with Crippen LogP contribution in [0.2, 0.25) is 0 Å². The number of hydrogen-bond donors (Lipinski definition) is 2. The molecule has 1 aromatic rings. The minimum absolute atomic E-state index is 0.170. The summed E-state index contributed by atoms with van der Waals surface area (Å²) >= 11 is 0. The molecule has 2 rings (SSSR count). The third kappa shape index (κ3) is 1.87. The topological polar surface area (TPSA) is 87.1 Å². The van der Waals surface area contributed by atoms with E-state index in [0.29, 0.717) is 24.9 Å². The van der Waals surface area contributed by atoms with Crippen LogP contribution in [0.25, 0.3) is 0 Å². The molecular weight excluding hydrogens is 228 g/mol. The largest absolute Gasteiger partial charge is 0.481 e. The molecule has 4 nitrogen and oxygen atoms in total. The van der Waals surface area contributed by atoms with E-state index in [4.69, 9.17) is 11.0 Å². The van der Waals surface area contributed by atoms with Crippen LogP contribution in [-0.4, -0.2) is 17.6 Å². The van der Waals surface area contributed by atoms with Crippen LogP contribution in [0.15, 0.2) is 24.3 Å². The van der Waals surface area contributed by atoms with Gasteiger partial charge in [0.2, 0.25) is 0 Å². The number of carboxylic acid groups (broad SMARTS) is 1. The second-order valence-electron chi connectivity index (χ2n) is 4.84. The van der Waals surface area contributed by atoms with Gasteiger partial charge in [0.05, 0.1) is 17.0 Å². The Morgan fingerprint density at radius 1 is 1.44 bits per heavy atom. The van der Waals surface area contributed by atoms with Gasteiger partial charge in [-0.25, -0.2) is 0 Å². The van der Waals surface area contributed by atoms with Crippen LogP contribution in [0.1, 0.15) is 36.3 Å². The van der Waals surface area contributed by atoms with Crippen molar-refractivity contribution in [3.8, 4) is 6.07 Å². The van der Waals surface area contributed by atoms with Crippen LogP contribution in [0, 0.1) is 16.7 Å². The van der Waals surface area contributed by atoms with E-state index in [0.717, 1.165) is 12.0 Å². The SMILES string of the molecule is N#Cc1ccc([C@@H](CN)C2(C(=O)O)CCC2)cc1. The molecule has 0 aliphatic heterocycles. The fraction of sp³-hybridized carbons (Fsp3) is 0.429. The highest BCUT2D eigenvalue weighted by atomic mass is 16.4. The molecule has 4 heteroatoms. The molecule has 3 N–H and O–H groups in total. The van der Waals surface area contributed by atoms with Gasteiger partial charge in [0, 0.05) is 12.5 Å². The van der Waals surface area contributed by atoms with Crippen LogP contribution in [0.4, 0.5) is 0 Å². The van der Waals surface area contributed by atoms with Gasteiger partial charge in [0.1, 0.15) is 0 Å². The van der Waals surface area contributed by atoms with E-state index in [2.05, 4.69) is 6.07 Å². The van der Waals surface area contributed by atoms with Crippen molar-refractivity contribution in [1.82, 2.24) is 0 Å². The van der Waals surface area contributed by atoms with E-state index >= 15 is 0 Å². The summed E-state index contributed by atoms with van der Waals surface area (Å²) in [5.41, 5.74) is 6.57. The van der Waals surface area contributed by atoms with Crippen LogP contribution in [0.3, 0.4) is 0 Å². The summed E-state index contributed by atoms with van der Waals surface area (Å²) in [6.45, 7) is 0.318. The smallest absolute Gasteiger partial charge is 0.310 e. The van der Waals surface area contributed by atoms with Crippen molar-refractivity contribution >= 4 is 5.97 Å². The monoisotopic (exact) mass is 244 g/mol. The van der Waals surface area contributed by atoms with Gasteiger partial charge >= 0.3 is 5.97 Å². The van der Waals surface area contributed by atoms with Crippen molar-refractivity contribution in [2.75, 3.05) is 6.54 Å². The Labute approximate surface area is 106 Å². The first-order chi connectivity index (χ1) is 8.64. The van der Waals surface area contributed by atoms with E-state index in [9.17, 15) is 9.90 Å². The van der Waals surface area contributed by atoms with Gasteiger partial charge in [-0.05, 0) is 30.5 Å². The molecule has 0 spiro atoms. The van der Waals surface area contributed by atoms with Gasteiger partial charge in [-0.1, -0.05) is 18.6 Å². The predicted molar refractivity (Wildman–Crippen MR) is 66.9 cm³/mol. The van der Waals surface area contributed by atoms with E-state index < -0.39 is 11.4 Å². The Bertz CT molecular complexity index is 484. The normalized spacial score (nSPS) is 18.4. The average molecular weight is 244 g/mol. The molecule has 0 saturated heterocycles. The number of nitriles is 1. The number of rotatable bonds is 4. The summed E-state index contributed by atoms with van der Waals surface area (Å²) in [6, 6.07) is 9.12. The maximum Gasteiger partial charge on any atom is 0.310 e. The van der Waals surface area contributed by atoms with Crippen molar-refractivity contribution in [3.05, 3.63) is 35.4 Å². The Hall–Kier alpha value is -1.86. The summed E-state index contributed by atoms with van der Waals surface area (Å²) in [6.07, 6.45) is 2.31. The molecule has 0 heterocycles.